The van der Waals surface area contributed by atoms with Crippen molar-refractivity contribution in [3.8, 4) is 22.5 Å². The highest BCUT2D eigenvalue weighted by atomic mass is 35.5. The summed E-state index contributed by atoms with van der Waals surface area (Å²) >= 11 is 12.2. The van der Waals surface area contributed by atoms with Crippen molar-refractivity contribution in [3.63, 3.8) is 0 Å². The summed E-state index contributed by atoms with van der Waals surface area (Å²) in [7, 11) is 0. The van der Waals surface area contributed by atoms with Crippen molar-refractivity contribution in [2.75, 3.05) is 0 Å². The van der Waals surface area contributed by atoms with Gasteiger partial charge in [-0.25, -0.2) is 0 Å². The Bertz CT molecular complexity index is 2120. The lowest BCUT2D eigenvalue weighted by molar-refractivity contribution is -0.138. The number of nitrogens with one attached hydrogen (secondary N) is 2. The van der Waals surface area contributed by atoms with Gasteiger partial charge in [0.15, 0.2) is 5.76 Å². The van der Waals surface area contributed by atoms with Crippen molar-refractivity contribution in [2.45, 2.75) is 5.92 Å². The molecule has 2 aromatic heterocycles. The number of Topliss-reactive ketones (excluding diaryl/α,β-unsaturated/α-hetero) is 3. The molecule has 3 N–H and O–H groups in total. The third-order valence-electron chi connectivity index (χ3n) is 7.70. The number of rotatable bonds is 4. The standard InChI is InChI=1S/C34H20Cl2N2O4/c35-19-13-9-17(10-14-19)29-25(21-5-1-3-7-23(21)37-29)27-31(39)33(41)28(34(42)32(27)40)26-22-6-2-4-8-24(22)38-30(26)18-11-15-20(36)16-12-18/h1-16,27,37-38,41H. The Kier molecular flexibility index (Phi) is 6.12. The van der Waals surface area contributed by atoms with Crippen molar-refractivity contribution in [2.24, 2.45) is 0 Å². The monoisotopic (exact) mass is 590 g/mol. The minimum Gasteiger partial charge on any atom is -0.504 e. The number of allylic oxidation sites excluding steroid dienone is 2. The maximum Gasteiger partial charge on any atom is 0.234 e. The highest BCUT2D eigenvalue weighted by Gasteiger charge is 2.47. The second-order valence-corrected chi connectivity index (χ2v) is 11.0. The van der Waals surface area contributed by atoms with Gasteiger partial charge < -0.3 is 15.1 Å². The molecule has 1 unspecified atom stereocenters. The number of hydrogen-bond donors (Lipinski definition) is 3. The van der Waals surface area contributed by atoms with Crippen LogP contribution in [0.5, 0.6) is 0 Å². The van der Waals surface area contributed by atoms with Gasteiger partial charge in [-0.3, -0.25) is 14.4 Å². The highest BCUT2D eigenvalue weighted by Crippen LogP contribution is 2.44. The summed E-state index contributed by atoms with van der Waals surface area (Å²) in [6.07, 6.45) is 0. The first-order chi connectivity index (χ1) is 20.3. The van der Waals surface area contributed by atoms with Crippen LogP contribution in [0.25, 0.3) is 49.9 Å². The summed E-state index contributed by atoms with van der Waals surface area (Å²) in [5, 5.41) is 13.7. The average molecular weight is 591 g/mol. The SMILES string of the molecule is O=C1C(=O)C(c2c(-c3ccc(Cl)cc3)[nH]c3ccccc23)C(=O)C(O)=C1c1c(-c2ccc(Cl)cc2)[nH]c2ccccc12. The zero-order valence-corrected chi connectivity index (χ0v) is 23.3. The number of H-pyrrole nitrogens is 2. The summed E-state index contributed by atoms with van der Waals surface area (Å²) in [6, 6.07) is 28.3. The molecule has 0 amide bonds. The molecule has 42 heavy (non-hydrogen) atoms. The van der Waals surface area contributed by atoms with Gasteiger partial charge in [0, 0.05) is 43.0 Å². The second kappa shape index (κ2) is 9.87. The van der Waals surface area contributed by atoms with Gasteiger partial charge in [0.2, 0.25) is 17.3 Å². The maximum atomic E-state index is 14.1. The molecule has 0 radical (unpaired) electrons. The van der Waals surface area contributed by atoms with Gasteiger partial charge >= 0.3 is 0 Å². The van der Waals surface area contributed by atoms with Gasteiger partial charge in [0.1, 0.15) is 5.92 Å². The van der Waals surface area contributed by atoms with E-state index in [0.717, 1.165) is 0 Å². The zero-order chi connectivity index (χ0) is 29.1. The first-order valence-corrected chi connectivity index (χ1v) is 13.9. The number of benzene rings is 4. The fraction of sp³-hybridized carbons (Fsp3) is 0.0294. The lowest BCUT2D eigenvalue weighted by Gasteiger charge is -2.23. The normalized spacial score (nSPS) is 15.8. The van der Waals surface area contributed by atoms with Crippen LogP contribution in [0, 0.1) is 0 Å². The van der Waals surface area contributed by atoms with Crippen LogP contribution in [0.2, 0.25) is 10.0 Å². The van der Waals surface area contributed by atoms with E-state index in [1.165, 1.54) is 0 Å². The summed E-state index contributed by atoms with van der Waals surface area (Å²) < 4.78 is 0. The van der Waals surface area contributed by atoms with Crippen LogP contribution in [0.3, 0.4) is 0 Å². The molecule has 1 aliphatic rings. The van der Waals surface area contributed by atoms with E-state index in [2.05, 4.69) is 9.97 Å². The third-order valence-corrected chi connectivity index (χ3v) is 8.21. The molecule has 204 valence electrons. The maximum absolute atomic E-state index is 14.1. The first kappa shape index (κ1) is 26.0. The van der Waals surface area contributed by atoms with Crippen LogP contribution in [0.1, 0.15) is 17.0 Å². The minimum absolute atomic E-state index is 0.285. The predicted molar refractivity (Wildman–Crippen MR) is 165 cm³/mol. The van der Waals surface area contributed by atoms with E-state index in [1.54, 1.807) is 72.8 Å². The number of aliphatic hydroxyl groups is 1. The molecule has 0 bridgehead atoms. The van der Waals surface area contributed by atoms with Crippen molar-refractivity contribution in [1.82, 2.24) is 9.97 Å². The Balaban J connectivity index is 1.46. The number of ketones is 3. The molecular formula is C34H20Cl2N2O4. The van der Waals surface area contributed by atoms with Gasteiger partial charge in [-0.05, 0) is 47.5 Å². The van der Waals surface area contributed by atoms with E-state index in [1.807, 2.05) is 24.3 Å². The Morgan fingerprint density at radius 3 is 1.71 bits per heavy atom. The lowest BCUT2D eigenvalue weighted by atomic mass is 9.76. The lowest BCUT2D eigenvalue weighted by Crippen LogP contribution is -2.36. The quantitative estimate of drug-likeness (QED) is 0.143. The Morgan fingerprint density at radius 2 is 1.10 bits per heavy atom. The van der Waals surface area contributed by atoms with E-state index >= 15 is 0 Å². The summed E-state index contributed by atoms with van der Waals surface area (Å²) in [5.74, 6) is -4.99. The number of carbonyl (C=O) groups excluding carboxylic acids is 3. The fourth-order valence-electron chi connectivity index (χ4n) is 5.78. The van der Waals surface area contributed by atoms with Crippen LogP contribution in [-0.4, -0.2) is 32.4 Å². The van der Waals surface area contributed by atoms with E-state index < -0.39 is 29.0 Å². The zero-order valence-electron chi connectivity index (χ0n) is 21.7. The number of para-hydroxylation sites is 2. The van der Waals surface area contributed by atoms with Crippen molar-refractivity contribution < 1.29 is 19.5 Å². The molecule has 1 atom stereocenters. The number of carbonyl (C=O) groups is 3. The van der Waals surface area contributed by atoms with Crippen LogP contribution in [0.15, 0.2) is 103 Å². The molecule has 4 aromatic carbocycles. The Morgan fingerprint density at radius 1 is 0.595 bits per heavy atom. The second-order valence-electron chi connectivity index (χ2n) is 10.1. The van der Waals surface area contributed by atoms with Crippen molar-refractivity contribution >= 4 is 67.9 Å². The van der Waals surface area contributed by atoms with Crippen LogP contribution < -0.4 is 0 Å². The molecule has 6 nitrogen and oxygen atoms in total. The molecule has 0 fully saturated rings. The van der Waals surface area contributed by atoms with E-state index in [-0.39, 0.29) is 11.1 Å². The van der Waals surface area contributed by atoms with Gasteiger partial charge in [0.25, 0.3) is 0 Å². The third kappa shape index (κ3) is 3.99. The van der Waals surface area contributed by atoms with Gasteiger partial charge in [-0.15, -0.1) is 0 Å². The number of aromatic amines is 2. The van der Waals surface area contributed by atoms with Crippen LogP contribution in [0.4, 0.5) is 0 Å². The van der Waals surface area contributed by atoms with E-state index in [4.69, 9.17) is 23.2 Å². The molecule has 0 aliphatic heterocycles. The summed E-state index contributed by atoms with van der Waals surface area (Å²) in [4.78, 5) is 48.7. The van der Waals surface area contributed by atoms with Crippen molar-refractivity contribution in [1.29, 1.82) is 0 Å². The Hall–Kier alpha value is -4.91. The summed E-state index contributed by atoms with van der Waals surface area (Å²) in [6.45, 7) is 0. The van der Waals surface area contributed by atoms with Crippen LogP contribution in [-0.2, 0) is 14.4 Å². The Labute approximate surface area is 249 Å². The largest absolute Gasteiger partial charge is 0.504 e. The smallest absolute Gasteiger partial charge is 0.234 e. The van der Waals surface area contributed by atoms with Crippen LogP contribution >= 0.6 is 23.2 Å². The highest BCUT2D eigenvalue weighted by molar-refractivity contribution is 6.62. The molecule has 2 heterocycles. The number of hydrogen-bond acceptors (Lipinski definition) is 4. The van der Waals surface area contributed by atoms with E-state index in [0.29, 0.717) is 59.9 Å². The van der Waals surface area contributed by atoms with Gasteiger partial charge in [0.05, 0.1) is 17.0 Å². The number of aliphatic hydroxyl groups excluding tert-OH is 1. The van der Waals surface area contributed by atoms with E-state index in [9.17, 15) is 19.5 Å². The molecule has 7 rings (SSSR count). The molecule has 0 saturated heterocycles. The minimum atomic E-state index is -1.53. The fourth-order valence-corrected chi connectivity index (χ4v) is 6.03. The number of halogens is 2. The van der Waals surface area contributed by atoms with Gasteiger partial charge in [-0.2, -0.15) is 0 Å². The molecular weight excluding hydrogens is 571 g/mol. The topological polar surface area (TPSA) is 103 Å². The number of fused-ring (bicyclic) bond motifs is 2. The summed E-state index contributed by atoms with van der Waals surface area (Å²) in [5.41, 5.74) is 3.98. The molecule has 0 saturated carbocycles. The first-order valence-electron chi connectivity index (χ1n) is 13.1. The van der Waals surface area contributed by atoms with Gasteiger partial charge in [-0.1, -0.05) is 83.9 Å². The molecule has 0 spiro atoms. The predicted octanol–water partition coefficient (Wildman–Crippen LogP) is 8.06. The average Bonchev–Trinajstić information content (AvgIpc) is 3.57. The molecule has 6 aromatic rings. The molecule has 1 aliphatic carbocycles. The molecule has 8 heteroatoms. The number of aromatic nitrogens is 2. The van der Waals surface area contributed by atoms with Crippen molar-refractivity contribution in [3.05, 3.63) is 124 Å².